The van der Waals surface area contributed by atoms with E-state index in [1.807, 2.05) is 24.4 Å². The molecule has 4 rings (SSSR count). The molecular weight excluding hydrogens is 370 g/mol. The fourth-order valence-electron chi connectivity index (χ4n) is 2.65. The summed E-state index contributed by atoms with van der Waals surface area (Å²) in [6.45, 7) is 2.23. The smallest absolute Gasteiger partial charge is 0.263 e. The van der Waals surface area contributed by atoms with E-state index in [0.29, 0.717) is 16.0 Å². The zero-order valence-electron chi connectivity index (χ0n) is 13.9. The van der Waals surface area contributed by atoms with Crippen molar-refractivity contribution in [2.45, 2.75) is 20.0 Å². The van der Waals surface area contributed by atoms with E-state index < -0.39 is 0 Å². The van der Waals surface area contributed by atoms with Crippen LogP contribution in [-0.4, -0.2) is 15.5 Å². The number of nitrogens with one attached hydrogen (secondary N) is 1. The molecule has 132 valence electrons. The minimum absolute atomic E-state index is 0.0821. The molecule has 8 heteroatoms. The first-order chi connectivity index (χ1) is 12.6. The van der Waals surface area contributed by atoms with Crippen LogP contribution in [0.3, 0.4) is 0 Å². The van der Waals surface area contributed by atoms with Gasteiger partial charge in [0.05, 0.1) is 24.5 Å². The van der Waals surface area contributed by atoms with Crippen LogP contribution < -0.4 is 10.9 Å². The van der Waals surface area contributed by atoms with Gasteiger partial charge in [-0.3, -0.25) is 14.2 Å². The maximum atomic E-state index is 12.9. The quantitative estimate of drug-likeness (QED) is 0.571. The van der Waals surface area contributed by atoms with Crippen molar-refractivity contribution in [2.75, 3.05) is 0 Å². The van der Waals surface area contributed by atoms with Gasteiger partial charge >= 0.3 is 0 Å². The summed E-state index contributed by atoms with van der Waals surface area (Å²) in [6.07, 6.45) is 2.98. The Morgan fingerprint density at radius 1 is 1.35 bits per heavy atom. The zero-order valence-corrected chi connectivity index (χ0v) is 15.5. The predicted octanol–water partition coefficient (Wildman–Crippen LogP) is 3.40. The van der Waals surface area contributed by atoms with Crippen LogP contribution in [0.5, 0.6) is 0 Å². The van der Waals surface area contributed by atoms with Crippen LogP contribution in [0, 0.1) is 6.92 Å². The van der Waals surface area contributed by atoms with Gasteiger partial charge in [0, 0.05) is 20.7 Å². The Labute approximate surface area is 156 Å². The third-order valence-electron chi connectivity index (χ3n) is 3.92. The molecule has 26 heavy (non-hydrogen) atoms. The number of carbonyl (C=O) groups is 1. The minimum atomic E-state index is -0.270. The minimum Gasteiger partial charge on any atom is -0.467 e. The molecular formula is C18H15N3O3S2. The highest BCUT2D eigenvalue weighted by Crippen LogP contribution is 2.34. The number of nitrogens with zero attached hydrogens (tertiary/aromatic N) is 2. The largest absolute Gasteiger partial charge is 0.467 e. The van der Waals surface area contributed by atoms with Crippen molar-refractivity contribution in [3.8, 4) is 10.4 Å². The van der Waals surface area contributed by atoms with E-state index in [0.717, 1.165) is 10.4 Å². The van der Waals surface area contributed by atoms with Crippen molar-refractivity contribution in [3.63, 3.8) is 0 Å². The van der Waals surface area contributed by atoms with E-state index in [2.05, 4.69) is 10.3 Å². The van der Waals surface area contributed by atoms with Crippen LogP contribution in [0.25, 0.3) is 20.7 Å². The summed E-state index contributed by atoms with van der Waals surface area (Å²) in [5.41, 5.74) is 0.677. The predicted molar refractivity (Wildman–Crippen MR) is 102 cm³/mol. The Kier molecular flexibility index (Phi) is 4.44. The van der Waals surface area contributed by atoms with Crippen molar-refractivity contribution in [1.82, 2.24) is 14.9 Å². The zero-order chi connectivity index (χ0) is 18.1. The fourth-order valence-corrected chi connectivity index (χ4v) is 4.51. The topological polar surface area (TPSA) is 77.1 Å². The average Bonchev–Trinajstić information content (AvgIpc) is 3.35. The Balaban J connectivity index is 1.61. The highest BCUT2D eigenvalue weighted by Gasteiger charge is 2.15. The summed E-state index contributed by atoms with van der Waals surface area (Å²) >= 11 is 3.07. The molecule has 0 bridgehead atoms. The van der Waals surface area contributed by atoms with Gasteiger partial charge in [0.1, 0.15) is 17.1 Å². The van der Waals surface area contributed by atoms with Crippen molar-refractivity contribution in [1.29, 1.82) is 0 Å². The van der Waals surface area contributed by atoms with Crippen LogP contribution >= 0.6 is 22.7 Å². The number of amides is 1. The molecule has 0 spiro atoms. The van der Waals surface area contributed by atoms with Crippen LogP contribution in [0.2, 0.25) is 0 Å². The lowest BCUT2D eigenvalue weighted by Gasteiger charge is -2.06. The fraction of sp³-hybridized carbons (Fsp3) is 0.167. The van der Waals surface area contributed by atoms with Crippen molar-refractivity contribution in [2.24, 2.45) is 0 Å². The van der Waals surface area contributed by atoms with Gasteiger partial charge in [0.15, 0.2) is 0 Å². The second-order valence-electron chi connectivity index (χ2n) is 5.77. The molecule has 0 atom stereocenters. The summed E-state index contributed by atoms with van der Waals surface area (Å²) in [5, 5.41) is 5.25. The molecule has 4 aromatic heterocycles. The van der Waals surface area contributed by atoms with Crippen molar-refractivity contribution in [3.05, 3.63) is 63.2 Å². The molecule has 0 unspecified atom stereocenters. The maximum absolute atomic E-state index is 12.9. The summed E-state index contributed by atoms with van der Waals surface area (Å²) in [5.74, 6) is 0.390. The molecule has 0 aliphatic heterocycles. The first-order valence-corrected chi connectivity index (χ1v) is 9.64. The number of carbonyl (C=O) groups excluding carboxylic acids is 1. The van der Waals surface area contributed by atoms with Crippen LogP contribution in [0.4, 0.5) is 0 Å². The number of rotatable bonds is 5. The maximum Gasteiger partial charge on any atom is 0.263 e. The highest BCUT2D eigenvalue weighted by atomic mass is 32.1. The molecule has 4 aromatic rings. The molecule has 4 heterocycles. The van der Waals surface area contributed by atoms with E-state index in [9.17, 15) is 9.59 Å². The molecule has 0 radical (unpaired) electrons. The van der Waals surface area contributed by atoms with Crippen LogP contribution in [0.1, 0.15) is 10.6 Å². The number of aryl methyl sites for hydroxylation is 1. The van der Waals surface area contributed by atoms with E-state index in [4.69, 9.17) is 4.42 Å². The molecule has 6 nitrogen and oxygen atoms in total. The molecule has 1 amide bonds. The van der Waals surface area contributed by atoms with Crippen LogP contribution in [-0.2, 0) is 17.9 Å². The Bertz CT molecular complexity index is 1120. The van der Waals surface area contributed by atoms with Crippen molar-refractivity contribution >= 4 is 38.8 Å². The third-order valence-corrected chi connectivity index (χ3v) is 5.84. The standard InChI is InChI=1S/C18H15N3O3S2/c1-11-4-5-14(26-11)13-9-25-17-16(13)18(23)21(10-20-17)8-15(22)19-7-12-3-2-6-24-12/h2-6,9-10H,7-8H2,1H3,(H,19,22). The van der Waals surface area contributed by atoms with Gasteiger partial charge in [-0.1, -0.05) is 0 Å². The van der Waals surface area contributed by atoms with Gasteiger partial charge in [-0.25, -0.2) is 4.98 Å². The second kappa shape index (κ2) is 6.89. The van der Waals surface area contributed by atoms with E-state index in [1.54, 1.807) is 29.7 Å². The first kappa shape index (κ1) is 16.7. The van der Waals surface area contributed by atoms with Gasteiger partial charge in [0.25, 0.3) is 5.56 Å². The molecule has 1 N–H and O–H groups in total. The summed E-state index contributed by atoms with van der Waals surface area (Å²) in [4.78, 5) is 32.3. The SMILES string of the molecule is Cc1ccc(-c2csc3ncn(CC(=O)NCc4ccco4)c(=O)c23)s1. The number of hydrogen-bond donors (Lipinski definition) is 1. The van der Waals surface area contributed by atoms with Gasteiger partial charge in [-0.15, -0.1) is 22.7 Å². The normalized spacial score (nSPS) is 11.1. The monoisotopic (exact) mass is 385 g/mol. The summed E-state index contributed by atoms with van der Waals surface area (Å²) in [6, 6.07) is 7.57. The Hall–Kier alpha value is -2.71. The molecule has 0 aliphatic carbocycles. The van der Waals surface area contributed by atoms with Gasteiger partial charge < -0.3 is 9.73 Å². The summed E-state index contributed by atoms with van der Waals surface area (Å²) in [7, 11) is 0. The molecule has 0 fully saturated rings. The van der Waals surface area contributed by atoms with Crippen LogP contribution in [0.15, 0.2) is 51.4 Å². The number of furan rings is 1. The average molecular weight is 385 g/mol. The third kappa shape index (κ3) is 3.21. The lowest BCUT2D eigenvalue weighted by atomic mass is 10.2. The van der Waals surface area contributed by atoms with Gasteiger partial charge in [-0.05, 0) is 31.2 Å². The van der Waals surface area contributed by atoms with Crippen molar-refractivity contribution < 1.29 is 9.21 Å². The van der Waals surface area contributed by atoms with E-state index in [-0.39, 0.29) is 24.6 Å². The lowest BCUT2D eigenvalue weighted by Crippen LogP contribution is -2.32. The second-order valence-corrected chi connectivity index (χ2v) is 7.92. The van der Waals surface area contributed by atoms with Gasteiger partial charge in [0.2, 0.25) is 5.91 Å². The number of aromatic nitrogens is 2. The number of fused-ring (bicyclic) bond motifs is 1. The Morgan fingerprint density at radius 2 is 2.23 bits per heavy atom. The molecule has 0 aliphatic rings. The first-order valence-electron chi connectivity index (χ1n) is 7.94. The highest BCUT2D eigenvalue weighted by molar-refractivity contribution is 7.19. The van der Waals surface area contributed by atoms with E-state index in [1.165, 1.54) is 27.1 Å². The number of hydrogen-bond acceptors (Lipinski definition) is 6. The molecule has 0 saturated carbocycles. The molecule has 0 saturated heterocycles. The Morgan fingerprint density at radius 3 is 2.96 bits per heavy atom. The number of thiophene rings is 2. The van der Waals surface area contributed by atoms with E-state index >= 15 is 0 Å². The molecule has 0 aromatic carbocycles. The van der Waals surface area contributed by atoms with Gasteiger partial charge in [-0.2, -0.15) is 0 Å². The summed E-state index contributed by atoms with van der Waals surface area (Å²) < 4.78 is 6.52. The lowest BCUT2D eigenvalue weighted by molar-refractivity contribution is -0.121.